The normalized spacial score (nSPS) is 19.4. The molecule has 0 aliphatic carbocycles. The Kier molecular flexibility index (Phi) is 6.60. The smallest absolute Gasteiger partial charge is 0.329 e. The predicted octanol–water partition coefficient (Wildman–Crippen LogP) is 1.32. The second-order valence-corrected chi connectivity index (χ2v) is 8.01. The van der Waals surface area contributed by atoms with Gasteiger partial charge in [-0.05, 0) is 41.8 Å². The lowest BCUT2D eigenvalue weighted by Gasteiger charge is -2.24. The largest absolute Gasteiger partial charge is 0.508 e. The van der Waals surface area contributed by atoms with E-state index < -0.39 is 43.1 Å². The molecule has 4 rings (SSSR count). The highest BCUT2D eigenvalue weighted by Gasteiger charge is 2.45. The van der Waals surface area contributed by atoms with Crippen LogP contribution in [0.15, 0.2) is 42.5 Å². The quantitative estimate of drug-likeness (QED) is 0.451. The van der Waals surface area contributed by atoms with Crippen LogP contribution in [0.4, 0.5) is 5.69 Å². The fourth-order valence-electron chi connectivity index (χ4n) is 4.07. The highest BCUT2D eigenvalue weighted by molar-refractivity contribution is 6.11. The fourth-order valence-corrected chi connectivity index (χ4v) is 4.07. The van der Waals surface area contributed by atoms with E-state index >= 15 is 0 Å². The van der Waals surface area contributed by atoms with Crippen LogP contribution in [0.3, 0.4) is 0 Å². The van der Waals surface area contributed by atoms with Crippen molar-refractivity contribution < 1.29 is 34.1 Å². The number of anilines is 1. The molecule has 0 aromatic heterocycles. The number of benzene rings is 2. The van der Waals surface area contributed by atoms with E-state index in [1.165, 1.54) is 4.90 Å². The topological polar surface area (TPSA) is 145 Å². The molecular formula is C24H23N3O7. The number of phenolic OH excluding ortho intramolecular Hbond substituents is 1. The molecule has 2 aromatic rings. The Bertz CT molecular complexity index is 1160. The van der Waals surface area contributed by atoms with Crippen LogP contribution in [0.5, 0.6) is 5.75 Å². The summed E-state index contributed by atoms with van der Waals surface area (Å²) in [6.07, 6.45) is 4.05. The number of hydrogen-bond donors (Lipinski definition) is 4. The molecule has 2 atom stereocenters. The van der Waals surface area contributed by atoms with Crippen molar-refractivity contribution in [2.45, 2.75) is 18.5 Å². The zero-order valence-electron chi connectivity index (χ0n) is 18.1. The fraction of sp³-hybridized carbons (Fsp3) is 0.250. The van der Waals surface area contributed by atoms with Gasteiger partial charge in [0, 0.05) is 6.54 Å². The Morgan fingerprint density at radius 2 is 1.79 bits per heavy atom. The average Bonchev–Trinajstić information content (AvgIpc) is 3.18. The van der Waals surface area contributed by atoms with Gasteiger partial charge >= 0.3 is 5.97 Å². The molecule has 0 unspecified atom stereocenters. The first kappa shape index (κ1) is 23.0. The first-order chi connectivity index (χ1) is 16.3. The van der Waals surface area contributed by atoms with Crippen molar-refractivity contribution >= 4 is 41.5 Å². The van der Waals surface area contributed by atoms with Crippen molar-refractivity contribution in [1.82, 2.24) is 10.2 Å². The Morgan fingerprint density at radius 1 is 1.09 bits per heavy atom. The molecule has 0 spiro atoms. The Hall–Kier alpha value is -4.18. The van der Waals surface area contributed by atoms with E-state index in [1.807, 2.05) is 12.2 Å². The number of nitrogens with zero attached hydrogens (tertiary/aromatic N) is 1. The summed E-state index contributed by atoms with van der Waals surface area (Å²) >= 11 is 0. The molecule has 10 nitrogen and oxygen atoms in total. The summed E-state index contributed by atoms with van der Waals surface area (Å²) in [6.45, 7) is -0.779. The van der Waals surface area contributed by atoms with Crippen molar-refractivity contribution in [3.8, 4) is 5.75 Å². The zero-order valence-corrected chi connectivity index (χ0v) is 18.1. The third-order valence-corrected chi connectivity index (χ3v) is 5.63. The summed E-state index contributed by atoms with van der Waals surface area (Å²) in [7, 11) is 0. The predicted molar refractivity (Wildman–Crippen MR) is 122 cm³/mol. The van der Waals surface area contributed by atoms with E-state index in [4.69, 9.17) is 9.84 Å². The number of carbonyl (C=O) groups is 4. The summed E-state index contributed by atoms with van der Waals surface area (Å²) in [4.78, 5) is 50.3. The maximum Gasteiger partial charge on any atom is 0.329 e. The molecule has 176 valence electrons. The van der Waals surface area contributed by atoms with Gasteiger partial charge in [0.25, 0.3) is 5.91 Å². The minimum Gasteiger partial charge on any atom is -0.508 e. The molecule has 1 fully saturated rings. The highest BCUT2D eigenvalue weighted by atomic mass is 16.5. The molecule has 0 bridgehead atoms. The number of nitrogens with one attached hydrogen (secondary N) is 2. The van der Waals surface area contributed by atoms with E-state index in [2.05, 4.69) is 10.6 Å². The van der Waals surface area contributed by atoms with Crippen LogP contribution < -0.4 is 10.6 Å². The summed E-state index contributed by atoms with van der Waals surface area (Å²) in [5.74, 6) is -2.31. The van der Waals surface area contributed by atoms with Gasteiger partial charge < -0.3 is 30.5 Å². The maximum absolute atomic E-state index is 13.3. The van der Waals surface area contributed by atoms with Crippen molar-refractivity contribution in [2.75, 3.05) is 25.1 Å². The van der Waals surface area contributed by atoms with Crippen LogP contribution in [-0.2, 0) is 19.1 Å². The van der Waals surface area contributed by atoms with Crippen LogP contribution in [0.2, 0.25) is 0 Å². The minimum absolute atomic E-state index is 0.172. The molecule has 10 heteroatoms. The van der Waals surface area contributed by atoms with Gasteiger partial charge in [0.15, 0.2) is 0 Å². The third kappa shape index (κ3) is 5.07. The van der Waals surface area contributed by atoms with E-state index in [-0.39, 0.29) is 18.2 Å². The number of aliphatic carboxylic acids is 1. The third-order valence-electron chi connectivity index (χ3n) is 5.63. The molecule has 0 radical (unpaired) electrons. The summed E-state index contributed by atoms with van der Waals surface area (Å²) in [5, 5.41) is 23.4. The average molecular weight is 465 g/mol. The molecule has 4 N–H and O–H groups in total. The number of ether oxygens (including phenoxy) is 1. The molecule has 2 heterocycles. The number of carboxylic acids is 1. The van der Waals surface area contributed by atoms with Gasteiger partial charge in [0.2, 0.25) is 11.8 Å². The van der Waals surface area contributed by atoms with Crippen molar-refractivity contribution in [3.05, 3.63) is 59.2 Å². The van der Waals surface area contributed by atoms with E-state index in [1.54, 1.807) is 42.5 Å². The van der Waals surface area contributed by atoms with Crippen LogP contribution in [0.25, 0.3) is 12.2 Å². The van der Waals surface area contributed by atoms with Gasteiger partial charge in [-0.3, -0.25) is 14.4 Å². The number of aromatic hydroxyl groups is 1. The van der Waals surface area contributed by atoms with Gasteiger partial charge in [-0.1, -0.05) is 30.4 Å². The van der Waals surface area contributed by atoms with Gasteiger partial charge in [0.1, 0.15) is 25.0 Å². The molecule has 2 aromatic carbocycles. The summed E-state index contributed by atoms with van der Waals surface area (Å²) < 4.78 is 4.79. The molecule has 34 heavy (non-hydrogen) atoms. The summed E-state index contributed by atoms with van der Waals surface area (Å²) in [5.41, 5.74) is 2.37. The number of fused-ring (bicyclic) bond motifs is 2. The number of rotatable bonds is 7. The van der Waals surface area contributed by atoms with Crippen molar-refractivity contribution in [3.63, 3.8) is 0 Å². The van der Waals surface area contributed by atoms with E-state index in [0.29, 0.717) is 17.7 Å². The van der Waals surface area contributed by atoms with Crippen LogP contribution >= 0.6 is 0 Å². The first-order valence-electron chi connectivity index (χ1n) is 10.6. The van der Waals surface area contributed by atoms with Gasteiger partial charge in [0.05, 0.1) is 17.3 Å². The standard InChI is InChI=1S/C24H23N3O7/c28-16-6-3-14(4-7-16)1-2-15-5-8-18-17(11-15)24(33)27-10-9-19(22(27)23(32)26-18)25-20(29)12-34-13-21(30)31/h1-8,11,19,22,28H,9-10,12-13H2,(H,25,29)(H,26,32)(H,30,31)/b2-1+/t19-,22-/m0/s1. The molecule has 2 aliphatic heterocycles. The molecule has 0 saturated carbocycles. The van der Waals surface area contributed by atoms with E-state index in [0.717, 1.165) is 11.1 Å². The van der Waals surface area contributed by atoms with Crippen LogP contribution in [-0.4, -0.2) is 70.6 Å². The van der Waals surface area contributed by atoms with Crippen molar-refractivity contribution in [2.24, 2.45) is 0 Å². The number of amides is 3. The van der Waals surface area contributed by atoms with E-state index in [9.17, 15) is 24.3 Å². The van der Waals surface area contributed by atoms with Gasteiger partial charge in [-0.2, -0.15) is 0 Å². The molecule has 3 amide bonds. The van der Waals surface area contributed by atoms with Crippen LogP contribution in [0, 0.1) is 0 Å². The maximum atomic E-state index is 13.3. The SMILES string of the molecule is O=C(O)COCC(=O)N[C@H]1CCN2C(=O)c3cc(/C=C/c4ccc(O)cc4)ccc3NC(=O)[C@H]12. The van der Waals surface area contributed by atoms with Gasteiger partial charge in [-0.15, -0.1) is 0 Å². The number of carbonyl (C=O) groups excluding carboxylic acids is 3. The number of phenols is 1. The number of carboxylic acid groups (broad SMARTS) is 1. The molecule has 2 aliphatic rings. The Labute approximate surface area is 194 Å². The Morgan fingerprint density at radius 3 is 2.53 bits per heavy atom. The Balaban J connectivity index is 1.49. The monoisotopic (exact) mass is 465 g/mol. The molecular weight excluding hydrogens is 442 g/mol. The lowest BCUT2D eigenvalue weighted by molar-refractivity contribution is -0.143. The second kappa shape index (κ2) is 9.75. The first-order valence-corrected chi connectivity index (χ1v) is 10.6. The lowest BCUT2D eigenvalue weighted by atomic mass is 10.1. The minimum atomic E-state index is -1.19. The second-order valence-electron chi connectivity index (χ2n) is 8.01. The lowest BCUT2D eigenvalue weighted by Crippen LogP contribution is -2.52. The van der Waals surface area contributed by atoms with Crippen LogP contribution in [0.1, 0.15) is 27.9 Å². The number of hydrogen-bond acceptors (Lipinski definition) is 6. The van der Waals surface area contributed by atoms with Gasteiger partial charge in [-0.25, -0.2) is 4.79 Å². The van der Waals surface area contributed by atoms with Crippen molar-refractivity contribution in [1.29, 1.82) is 0 Å². The zero-order chi connectivity index (χ0) is 24.2. The molecule has 1 saturated heterocycles. The highest BCUT2D eigenvalue weighted by Crippen LogP contribution is 2.30. The summed E-state index contributed by atoms with van der Waals surface area (Å²) in [6, 6.07) is 10.3.